The van der Waals surface area contributed by atoms with Crippen LogP contribution in [0.15, 0.2) is 23.1 Å². The largest absolute Gasteiger partial charge is 0.493 e. The average Bonchev–Trinajstić information content (AvgIpc) is 2.87. The van der Waals surface area contributed by atoms with E-state index >= 15 is 0 Å². The molecular weight excluding hydrogens is 394 g/mol. The van der Waals surface area contributed by atoms with Crippen molar-refractivity contribution in [2.75, 3.05) is 13.7 Å². The van der Waals surface area contributed by atoms with E-state index in [0.29, 0.717) is 23.7 Å². The van der Waals surface area contributed by atoms with Crippen LogP contribution in [-0.2, 0) is 14.4 Å². The van der Waals surface area contributed by atoms with Gasteiger partial charge in [0, 0.05) is 0 Å². The molecule has 1 aliphatic rings. The van der Waals surface area contributed by atoms with Crippen LogP contribution < -0.4 is 9.47 Å². The van der Waals surface area contributed by atoms with Gasteiger partial charge in [-0.2, -0.15) is 0 Å². The molecule has 1 atom stereocenters. The third-order valence-corrected chi connectivity index (χ3v) is 4.90. The second kappa shape index (κ2) is 8.87. The third kappa shape index (κ3) is 4.77. The predicted octanol–water partition coefficient (Wildman–Crippen LogP) is 2.22. The smallest absolute Gasteiger partial charge is 0.327 e. The van der Waals surface area contributed by atoms with Crippen LogP contribution in [0.1, 0.15) is 18.9 Å². The Labute approximate surface area is 164 Å². The highest BCUT2D eigenvalue weighted by molar-refractivity contribution is 8.26. The zero-order valence-corrected chi connectivity index (χ0v) is 16.1. The number of aliphatic carboxylic acids is 2. The number of hydrogen-bond acceptors (Lipinski definition) is 7. The number of amides is 1. The van der Waals surface area contributed by atoms with Gasteiger partial charge in [-0.15, -0.1) is 0 Å². The van der Waals surface area contributed by atoms with Crippen LogP contribution in [0, 0.1) is 0 Å². The molecule has 0 saturated carbocycles. The zero-order valence-electron chi connectivity index (χ0n) is 14.5. The lowest BCUT2D eigenvalue weighted by atomic mass is 10.1. The molecule has 1 unspecified atom stereocenters. The summed E-state index contributed by atoms with van der Waals surface area (Å²) in [5.74, 6) is -2.38. The van der Waals surface area contributed by atoms with Crippen LogP contribution >= 0.6 is 24.0 Å². The molecule has 0 bridgehead atoms. The molecule has 1 saturated heterocycles. The first-order chi connectivity index (χ1) is 12.8. The van der Waals surface area contributed by atoms with E-state index in [1.165, 1.54) is 13.2 Å². The van der Waals surface area contributed by atoms with E-state index < -0.39 is 30.3 Å². The van der Waals surface area contributed by atoms with E-state index in [0.717, 1.165) is 16.7 Å². The number of methoxy groups -OCH3 is 1. The third-order valence-electron chi connectivity index (χ3n) is 3.57. The van der Waals surface area contributed by atoms with Crippen molar-refractivity contribution in [2.45, 2.75) is 19.4 Å². The standard InChI is InChI=1S/C17H17NO7S2/c1-3-25-11-5-4-9(6-12(11)24-2)7-13-15(21)18(17(26)27-13)10(16(22)23)8-14(19)20/h4-7,10H,3,8H2,1-2H3,(H,19,20)(H,22,23)/b13-7+. The second-order valence-electron chi connectivity index (χ2n) is 5.35. The zero-order chi connectivity index (χ0) is 20.1. The number of carboxylic acids is 2. The Bertz CT molecular complexity index is 821. The lowest BCUT2D eigenvalue weighted by molar-refractivity contribution is -0.150. The molecule has 144 valence electrons. The molecule has 1 fully saturated rings. The van der Waals surface area contributed by atoms with Gasteiger partial charge in [0.15, 0.2) is 11.5 Å². The summed E-state index contributed by atoms with van der Waals surface area (Å²) in [5, 5.41) is 18.2. The van der Waals surface area contributed by atoms with Crippen molar-refractivity contribution in [1.29, 1.82) is 0 Å². The summed E-state index contributed by atoms with van der Waals surface area (Å²) < 4.78 is 10.7. The predicted molar refractivity (Wildman–Crippen MR) is 103 cm³/mol. The summed E-state index contributed by atoms with van der Waals surface area (Å²) >= 11 is 6.01. The Morgan fingerprint density at radius 3 is 2.59 bits per heavy atom. The highest BCUT2D eigenvalue weighted by atomic mass is 32.2. The Kier molecular flexibility index (Phi) is 6.81. The van der Waals surface area contributed by atoms with Crippen molar-refractivity contribution >= 4 is 52.2 Å². The lowest BCUT2D eigenvalue weighted by Gasteiger charge is -2.21. The number of thioether (sulfide) groups is 1. The van der Waals surface area contributed by atoms with Gasteiger partial charge in [0.25, 0.3) is 5.91 Å². The Morgan fingerprint density at radius 2 is 2.04 bits per heavy atom. The molecule has 1 aliphatic heterocycles. The molecule has 0 aliphatic carbocycles. The summed E-state index contributed by atoms with van der Waals surface area (Å²) in [6.45, 7) is 2.31. The maximum atomic E-state index is 12.6. The number of rotatable bonds is 8. The van der Waals surface area contributed by atoms with Crippen LogP contribution in [0.5, 0.6) is 11.5 Å². The van der Waals surface area contributed by atoms with Crippen LogP contribution in [0.4, 0.5) is 0 Å². The highest BCUT2D eigenvalue weighted by Gasteiger charge is 2.41. The van der Waals surface area contributed by atoms with Crippen molar-refractivity contribution in [1.82, 2.24) is 4.90 Å². The molecule has 10 heteroatoms. The van der Waals surface area contributed by atoms with Crippen molar-refractivity contribution in [2.24, 2.45) is 0 Å². The van der Waals surface area contributed by atoms with Crippen molar-refractivity contribution in [3.8, 4) is 11.5 Å². The van der Waals surface area contributed by atoms with Crippen molar-refractivity contribution in [3.63, 3.8) is 0 Å². The van der Waals surface area contributed by atoms with Crippen LogP contribution in [0.2, 0.25) is 0 Å². The number of nitrogens with zero attached hydrogens (tertiary/aromatic N) is 1. The highest BCUT2D eigenvalue weighted by Crippen LogP contribution is 2.36. The molecule has 1 aromatic rings. The summed E-state index contributed by atoms with van der Waals surface area (Å²) in [4.78, 5) is 35.9. The Hall–Kier alpha value is -2.59. The minimum absolute atomic E-state index is 0.00204. The minimum atomic E-state index is -1.56. The van der Waals surface area contributed by atoms with Gasteiger partial charge in [0.1, 0.15) is 10.4 Å². The van der Waals surface area contributed by atoms with Gasteiger partial charge in [0.05, 0.1) is 25.0 Å². The molecule has 8 nitrogen and oxygen atoms in total. The number of ether oxygens (including phenoxy) is 2. The van der Waals surface area contributed by atoms with E-state index in [1.54, 1.807) is 18.2 Å². The van der Waals surface area contributed by atoms with E-state index in [4.69, 9.17) is 26.8 Å². The number of carbonyl (C=O) groups excluding carboxylic acids is 1. The quantitative estimate of drug-likeness (QED) is 0.491. The minimum Gasteiger partial charge on any atom is -0.493 e. The summed E-state index contributed by atoms with van der Waals surface area (Å²) in [6.07, 6.45) is 0.795. The Morgan fingerprint density at radius 1 is 1.33 bits per heavy atom. The fourth-order valence-corrected chi connectivity index (χ4v) is 3.76. The summed E-state index contributed by atoms with van der Waals surface area (Å²) in [6, 6.07) is 3.52. The van der Waals surface area contributed by atoms with Gasteiger partial charge in [-0.3, -0.25) is 14.5 Å². The molecule has 2 N–H and O–H groups in total. The van der Waals surface area contributed by atoms with Crippen LogP contribution in [-0.4, -0.2) is 57.0 Å². The first kappa shape index (κ1) is 20.7. The maximum absolute atomic E-state index is 12.6. The van der Waals surface area contributed by atoms with Gasteiger partial charge in [0.2, 0.25) is 0 Å². The fraction of sp³-hybridized carbons (Fsp3) is 0.294. The SMILES string of the molecule is CCOc1ccc(/C=C2/SC(=S)N(C(CC(=O)O)C(=O)O)C2=O)cc1OC. The topological polar surface area (TPSA) is 113 Å². The monoisotopic (exact) mass is 411 g/mol. The van der Waals surface area contributed by atoms with E-state index in [2.05, 4.69) is 0 Å². The van der Waals surface area contributed by atoms with Crippen LogP contribution in [0.3, 0.4) is 0 Å². The fourth-order valence-electron chi connectivity index (χ4n) is 2.40. The molecule has 0 spiro atoms. The summed E-state index contributed by atoms with van der Waals surface area (Å²) in [7, 11) is 1.49. The number of hydrogen-bond donors (Lipinski definition) is 2. The normalized spacial score (nSPS) is 16.5. The van der Waals surface area contributed by atoms with Crippen LogP contribution in [0.25, 0.3) is 6.08 Å². The van der Waals surface area contributed by atoms with Gasteiger partial charge in [-0.05, 0) is 30.7 Å². The van der Waals surface area contributed by atoms with E-state index in [-0.39, 0.29) is 9.23 Å². The molecular formula is C17H17NO7S2. The van der Waals surface area contributed by atoms with Gasteiger partial charge >= 0.3 is 11.9 Å². The molecule has 27 heavy (non-hydrogen) atoms. The Balaban J connectivity index is 2.32. The number of thiocarbonyl (C=S) groups is 1. The van der Waals surface area contributed by atoms with Gasteiger partial charge in [-0.1, -0.05) is 30.0 Å². The number of carboxylic acid groups (broad SMARTS) is 2. The molecule has 1 aromatic carbocycles. The van der Waals surface area contributed by atoms with Gasteiger partial charge in [-0.25, -0.2) is 4.79 Å². The molecule has 0 aromatic heterocycles. The number of benzene rings is 1. The molecule has 0 radical (unpaired) electrons. The van der Waals surface area contributed by atoms with Crippen molar-refractivity contribution < 1.29 is 34.1 Å². The summed E-state index contributed by atoms with van der Waals surface area (Å²) in [5.41, 5.74) is 0.626. The lowest BCUT2D eigenvalue weighted by Crippen LogP contribution is -2.45. The number of carbonyl (C=O) groups is 3. The van der Waals surface area contributed by atoms with Gasteiger partial charge < -0.3 is 19.7 Å². The second-order valence-corrected chi connectivity index (χ2v) is 7.02. The van der Waals surface area contributed by atoms with Crippen molar-refractivity contribution in [3.05, 3.63) is 28.7 Å². The average molecular weight is 411 g/mol. The maximum Gasteiger partial charge on any atom is 0.327 e. The first-order valence-corrected chi connectivity index (χ1v) is 9.03. The van der Waals surface area contributed by atoms with E-state index in [9.17, 15) is 19.5 Å². The molecule has 1 amide bonds. The molecule has 2 rings (SSSR count). The first-order valence-electron chi connectivity index (χ1n) is 7.81. The van der Waals surface area contributed by atoms with E-state index in [1.807, 2.05) is 6.92 Å². The molecule has 1 heterocycles.